The zero-order valence-corrected chi connectivity index (χ0v) is 8.86. The lowest BCUT2D eigenvalue weighted by molar-refractivity contribution is 0.241. The van der Waals surface area contributed by atoms with Gasteiger partial charge in [-0.05, 0) is 12.1 Å². The molecule has 2 rings (SSSR count). The molecule has 1 aliphatic rings. The lowest BCUT2D eigenvalue weighted by Crippen LogP contribution is -2.06. The third-order valence-electron chi connectivity index (χ3n) is 2.20. The van der Waals surface area contributed by atoms with Gasteiger partial charge in [-0.2, -0.15) is 0 Å². The fourth-order valence-corrected chi connectivity index (χ4v) is 1.30. The summed E-state index contributed by atoms with van der Waals surface area (Å²) in [5.74, 6) is 1.99. The summed E-state index contributed by atoms with van der Waals surface area (Å²) in [6, 6.07) is 5.54. The molecule has 0 aliphatic carbocycles. The largest absolute Gasteiger partial charge is 0.493 e. The Balaban J connectivity index is 2.15. The molecule has 0 saturated carbocycles. The molecular formula is C11H14O4. The van der Waals surface area contributed by atoms with Crippen molar-refractivity contribution in [3.8, 4) is 17.2 Å². The maximum Gasteiger partial charge on any atom is 0.203 e. The van der Waals surface area contributed by atoms with Crippen molar-refractivity contribution in [3.05, 3.63) is 18.2 Å². The van der Waals surface area contributed by atoms with E-state index in [0.717, 1.165) is 6.61 Å². The normalized spacial score (nSPS) is 18.4. The third-order valence-corrected chi connectivity index (χ3v) is 2.20. The molecule has 0 radical (unpaired) electrons. The summed E-state index contributed by atoms with van der Waals surface area (Å²) in [6.45, 7) is 1.31. The van der Waals surface area contributed by atoms with Gasteiger partial charge in [-0.25, -0.2) is 0 Å². The van der Waals surface area contributed by atoms with Crippen LogP contribution in [0.3, 0.4) is 0 Å². The van der Waals surface area contributed by atoms with Crippen molar-refractivity contribution in [2.24, 2.45) is 0 Å². The van der Waals surface area contributed by atoms with Gasteiger partial charge in [0.15, 0.2) is 11.5 Å². The Morgan fingerprint density at radius 1 is 1.27 bits per heavy atom. The monoisotopic (exact) mass is 210 g/mol. The maximum absolute atomic E-state index is 5.60. The van der Waals surface area contributed by atoms with Crippen molar-refractivity contribution in [2.45, 2.75) is 6.10 Å². The topological polar surface area (TPSA) is 40.2 Å². The minimum atomic E-state index is 0.222. The fourth-order valence-electron chi connectivity index (χ4n) is 1.30. The van der Waals surface area contributed by atoms with Crippen LogP contribution in [0.2, 0.25) is 0 Å². The molecule has 1 aromatic carbocycles. The molecule has 0 amide bonds. The number of methoxy groups -OCH3 is 2. The van der Waals surface area contributed by atoms with E-state index in [0.29, 0.717) is 23.9 Å². The standard InChI is InChI=1S/C11H14O4/c1-12-9-4-3-5-10(13-2)11(9)15-7-8-6-14-8/h3-5,8H,6-7H2,1-2H3/t8-/m1/s1. The summed E-state index contributed by atoms with van der Waals surface area (Å²) in [5, 5.41) is 0. The van der Waals surface area contributed by atoms with Gasteiger partial charge in [-0.1, -0.05) is 6.07 Å². The predicted octanol–water partition coefficient (Wildman–Crippen LogP) is 1.48. The summed E-state index contributed by atoms with van der Waals surface area (Å²) < 4.78 is 21.1. The first-order valence-electron chi connectivity index (χ1n) is 4.80. The van der Waals surface area contributed by atoms with E-state index in [1.165, 1.54) is 0 Å². The molecule has 82 valence electrons. The first-order valence-corrected chi connectivity index (χ1v) is 4.80. The average Bonchev–Trinajstić information content (AvgIpc) is 3.09. The molecular weight excluding hydrogens is 196 g/mol. The van der Waals surface area contributed by atoms with Crippen LogP contribution in [0.15, 0.2) is 18.2 Å². The Hall–Kier alpha value is -1.42. The molecule has 1 heterocycles. The van der Waals surface area contributed by atoms with E-state index in [-0.39, 0.29) is 6.10 Å². The molecule has 4 heteroatoms. The van der Waals surface area contributed by atoms with Crippen LogP contribution in [0.1, 0.15) is 0 Å². The van der Waals surface area contributed by atoms with Crippen LogP contribution >= 0.6 is 0 Å². The Morgan fingerprint density at radius 2 is 1.87 bits per heavy atom. The Kier molecular flexibility index (Phi) is 2.97. The summed E-state index contributed by atoms with van der Waals surface area (Å²) in [4.78, 5) is 0. The summed E-state index contributed by atoms with van der Waals surface area (Å²) in [5.41, 5.74) is 0. The van der Waals surface area contributed by atoms with E-state index in [4.69, 9.17) is 18.9 Å². The summed E-state index contributed by atoms with van der Waals surface area (Å²) >= 11 is 0. The predicted molar refractivity (Wildman–Crippen MR) is 54.8 cm³/mol. The zero-order chi connectivity index (χ0) is 10.7. The van der Waals surface area contributed by atoms with Gasteiger partial charge in [0.05, 0.1) is 20.8 Å². The van der Waals surface area contributed by atoms with E-state index in [9.17, 15) is 0 Å². The highest BCUT2D eigenvalue weighted by molar-refractivity contribution is 5.51. The number of hydrogen-bond acceptors (Lipinski definition) is 4. The molecule has 0 spiro atoms. The molecule has 0 aromatic heterocycles. The van der Waals surface area contributed by atoms with Crippen molar-refractivity contribution in [2.75, 3.05) is 27.4 Å². The van der Waals surface area contributed by atoms with Gasteiger partial charge in [-0.3, -0.25) is 0 Å². The minimum absolute atomic E-state index is 0.222. The van der Waals surface area contributed by atoms with Crippen LogP contribution in [0.5, 0.6) is 17.2 Å². The van der Waals surface area contributed by atoms with Crippen LogP contribution in [-0.4, -0.2) is 33.5 Å². The highest BCUT2D eigenvalue weighted by Gasteiger charge is 2.24. The lowest BCUT2D eigenvalue weighted by atomic mass is 10.3. The molecule has 0 N–H and O–H groups in total. The van der Waals surface area contributed by atoms with Crippen molar-refractivity contribution < 1.29 is 18.9 Å². The number of benzene rings is 1. The molecule has 0 unspecified atom stereocenters. The Bertz CT molecular complexity index is 311. The highest BCUT2D eigenvalue weighted by Crippen LogP contribution is 2.37. The van der Waals surface area contributed by atoms with E-state index in [2.05, 4.69) is 0 Å². The van der Waals surface area contributed by atoms with E-state index in [1.807, 2.05) is 18.2 Å². The minimum Gasteiger partial charge on any atom is -0.493 e. The first kappa shape index (κ1) is 10.1. The van der Waals surface area contributed by atoms with Crippen molar-refractivity contribution in [3.63, 3.8) is 0 Å². The molecule has 4 nitrogen and oxygen atoms in total. The summed E-state index contributed by atoms with van der Waals surface area (Å²) in [6.07, 6.45) is 0.222. The fraction of sp³-hybridized carbons (Fsp3) is 0.455. The van der Waals surface area contributed by atoms with Gasteiger partial charge in [-0.15, -0.1) is 0 Å². The van der Waals surface area contributed by atoms with Gasteiger partial charge in [0.25, 0.3) is 0 Å². The highest BCUT2D eigenvalue weighted by atomic mass is 16.6. The SMILES string of the molecule is COc1cccc(OC)c1OC[C@H]1CO1. The van der Waals surface area contributed by atoms with Crippen molar-refractivity contribution in [1.82, 2.24) is 0 Å². The van der Waals surface area contributed by atoms with E-state index in [1.54, 1.807) is 14.2 Å². The Labute approximate surface area is 88.7 Å². The van der Waals surface area contributed by atoms with Crippen LogP contribution < -0.4 is 14.2 Å². The molecule has 1 aromatic rings. The first-order chi connectivity index (χ1) is 7.35. The number of para-hydroxylation sites is 1. The quantitative estimate of drug-likeness (QED) is 0.690. The second-order valence-corrected chi connectivity index (χ2v) is 3.26. The molecule has 1 fully saturated rings. The number of ether oxygens (including phenoxy) is 4. The third kappa shape index (κ3) is 2.33. The second-order valence-electron chi connectivity index (χ2n) is 3.26. The van der Waals surface area contributed by atoms with Gasteiger partial charge >= 0.3 is 0 Å². The number of epoxide rings is 1. The van der Waals surface area contributed by atoms with Crippen molar-refractivity contribution in [1.29, 1.82) is 0 Å². The van der Waals surface area contributed by atoms with Crippen LogP contribution in [0, 0.1) is 0 Å². The van der Waals surface area contributed by atoms with Gasteiger partial charge in [0.2, 0.25) is 5.75 Å². The Morgan fingerprint density at radius 3 is 2.33 bits per heavy atom. The zero-order valence-electron chi connectivity index (χ0n) is 8.86. The van der Waals surface area contributed by atoms with Crippen LogP contribution in [-0.2, 0) is 4.74 Å². The van der Waals surface area contributed by atoms with Gasteiger partial charge in [0, 0.05) is 0 Å². The van der Waals surface area contributed by atoms with Crippen LogP contribution in [0.4, 0.5) is 0 Å². The smallest absolute Gasteiger partial charge is 0.203 e. The van der Waals surface area contributed by atoms with Gasteiger partial charge in [0.1, 0.15) is 12.7 Å². The van der Waals surface area contributed by atoms with Crippen LogP contribution in [0.25, 0.3) is 0 Å². The molecule has 1 atom stereocenters. The van der Waals surface area contributed by atoms with E-state index < -0.39 is 0 Å². The number of rotatable bonds is 5. The number of hydrogen-bond donors (Lipinski definition) is 0. The van der Waals surface area contributed by atoms with Gasteiger partial charge < -0.3 is 18.9 Å². The lowest BCUT2D eigenvalue weighted by Gasteiger charge is -2.13. The second kappa shape index (κ2) is 4.40. The summed E-state index contributed by atoms with van der Waals surface area (Å²) in [7, 11) is 3.21. The molecule has 15 heavy (non-hydrogen) atoms. The molecule has 1 saturated heterocycles. The van der Waals surface area contributed by atoms with Crippen molar-refractivity contribution >= 4 is 0 Å². The van der Waals surface area contributed by atoms with E-state index >= 15 is 0 Å². The molecule has 0 bridgehead atoms. The maximum atomic E-state index is 5.60. The molecule has 1 aliphatic heterocycles. The average molecular weight is 210 g/mol.